The Morgan fingerprint density at radius 2 is 2.00 bits per heavy atom. The van der Waals surface area contributed by atoms with Gasteiger partial charge in [0, 0.05) is 5.56 Å². The lowest BCUT2D eigenvalue weighted by Crippen LogP contribution is -2.17. The van der Waals surface area contributed by atoms with E-state index in [2.05, 4.69) is 20.7 Å². The van der Waals surface area contributed by atoms with Gasteiger partial charge in [-0.05, 0) is 35.0 Å². The third kappa shape index (κ3) is 3.38. The van der Waals surface area contributed by atoms with Crippen LogP contribution in [0.5, 0.6) is 5.75 Å². The van der Waals surface area contributed by atoms with Crippen LogP contribution in [0.1, 0.15) is 17.3 Å². The molecule has 1 aromatic carbocycles. The minimum Gasteiger partial charge on any atom is -0.403 e. The van der Waals surface area contributed by atoms with E-state index in [0.717, 1.165) is 6.07 Å². The number of hydrogen-bond donors (Lipinski definition) is 0. The number of carbonyl (C=O) groups excluding carboxylic acids is 1. The van der Waals surface area contributed by atoms with Crippen LogP contribution in [0.3, 0.4) is 0 Å². The average Bonchev–Trinajstić information content (AvgIpc) is 2.09. The molecular weight excluding hydrogens is 312 g/mol. The second-order valence-electron chi connectivity index (χ2n) is 2.87. The third-order valence-electron chi connectivity index (χ3n) is 1.62. The number of rotatable bonds is 2. The van der Waals surface area contributed by atoms with Crippen molar-refractivity contribution in [1.82, 2.24) is 0 Å². The summed E-state index contributed by atoms with van der Waals surface area (Å²) in [5, 5.41) is -0.281. The molecule has 0 radical (unpaired) electrons. The predicted molar refractivity (Wildman–Crippen MR) is 55.8 cm³/mol. The zero-order valence-electron chi connectivity index (χ0n) is 7.86. The van der Waals surface area contributed by atoms with Gasteiger partial charge in [0.25, 0.3) is 0 Å². The molecule has 0 aromatic heterocycles. The number of carbonyl (C=O) groups is 1. The minimum absolute atomic E-state index is 0.0254. The van der Waals surface area contributed by atoms with Gasteiger partial charge in [-0.2, -0.15) is 0 Å². The number of hydrogen-bond acceptors (Lipinski definition) is 2. The smallest absolute Gasteiger partial charge is 0.403 e. The molecule has 1 rings (SSSR count). The molecule has 7 heteroatoms. The molecule has 0 aliphatic rings. The van der Waals surface area contributed by atoms with Crippen molar-refractivity contribution in [3.63, 3.8) is 0 Å². The summed E-state index contributed by atoms with van der Waals surface area (Å²) >= 11 is 8.43. The van der Waals surface area contributed by atoms with Crippen LogP contribution in [0.15, 0.2) is 16.6 Å². The van der Waals surface area contributed by atoms with E-state index in [1.165, 1.54) is 13.0 Å². The zero-order chi connectivity index (χ0) is 12.5. The van der Waals surface area contributed by atoms with E-state index >= 15 is 0 Å². The van der Waals surface area contributed by atoms with Crippen molar-refractivity contribution in [3.05, 3.63) is 27.2 Å². The lowest BCUT2D eigenvalue weighted by atomic mass is 10.1. The van der Waals surface area contributed by atoms with Crippen molar-refractivity contribution >= 4 is 33.3 Å². The molecule has 1 aromatic rings. The number of alkyl halides is 3. The molecule has 0 aliphatic heterocycles. The molecule has 0 saturated heterocycles. The van der Waals surface area contributed by atoms with Crippen LogP contribution in [0.25, 0.3) is 0 Å². The highest BCUT2D eigenvalue weighted by Crippen LogP contribution is 2.37. The maximum absolute atomic E-state index is 12.0. The molecule has 0 saturated carbocycles. The number of halogens is 5. The molecule has 0 atom stereocenters. The second kappa shape index (κ2) is 4.63. The van der Waals surface area contributed by atoms with E-state index in [1.54, 1.807) is 0 Å². The maximum Gasteiger partial charge on any atom is 0.573 e. The standard InChI is InChI=1S/C9H5BrClF3O2/c1-4(15)5-2-6(10)8(7(11)3-5)16-9(12,13)14/h2-3H,1H3. The van der Waals surface area contributed by atoms with Gasteiger partial charge in [0.15, 0.2) is 11.5 Å². The summed E-state index contributed by atoms with van der Waals surface area (Å²) in [4.78, 5) is 11.0. The van der Waals surface area contributed by atoms with Gasteiger partial charge in [-0.1, -0.05) is 11.6 Å². The lowest BCUT2D eigenvalue weighted by Gasteiger charge is -2.12. The topological polar surface area (TPSA) is 26.3 Å². The molecular formula is C9H5BrClF3O2. The SMILES string of the molecule is CC(=O)c1cc(Cl)c(OC(F)(F)F)c(Br)c1. The van der Waals surface area contributed by atoms with Crippen LogP contribution >= 0.6 is 27.5 Å². The van der Waals surface area contributed by atoms with Gasteiger partial charge in [-0.3, -0.25) is 4.79 Å². The minimum atomic E-state index is -4.83. The molecule has 0 spiro atoms. The molecule has 0 N–H and O–H groups in total. The van der Waals surface area contributed by atoms with E-state index in [-0.39, 0.29) is 20.8 Å². The number of Topliss-reactive ketones (excluding diaryl/α,β-unsaturated/α-hetero) is 1. The van der Waals surface area contributed by atoms with Crippen LogP contribution in [0, 0.1) is 0 Å². The highest BCUT2D eigenvalue weighted by molar-refractivity contribution is 9.10. The van der Waals surface area contributed by atoms with Crippen LogP contribution in [0.2, 0.25) is 5.02 Å². The van der Waals surface area contributed by atoms with Crippen molar-refractivity contribution in [3.8, 4) is 5.75 Å². The highest BCUT2D eigenvalue weighted by Gasteiger charge is 2.33. The zero-order valence-corrected chi connectivity index (χ0v) is 10.2. The summed E-state index contributed by atoms with van der Waals surface area (Å²) < 4.78 is 39.7. The van der Waals surface area contributed by atoms with Crippen molar-refractivity contribution in [2.24, 2.45) is 0 Å². The summed E-state index contributed by atoms with van der Waals surface area (Å²) in [5.74, 6) is -0.861. The Balaban J connectivity index is 3.18. The monoisotopic (exact) mass is 316 g/mol. The fourth-order valence-corrected chi connectivity index (χ4v) is 1.89. The largest absolute Gasteiger partial charge is 0.573 e. The molecule has 0 heterocycles. The summed E-state index contributed by atoms with van der Waals surface area (Å²) in [7, 11) is 0. The van der Waals surface area contributed by atoms with Crippen LogP contribution in [-0.4, -0.2) is 12.1 Å². The van der Waals surface area contributed by atoms with Crippen molar-refractivity contribution < 1.29 is 22.7 Å². The molecule has 0 aliphatic carbocycles. The van der Waals surface area contributed by atoms with Gasteiger partial charge < -0.3 is 4.74 Å². The first-order chi connectivity index (χ1) is 7.20. The Bertz CT molecular complexity index is 408. The summed E-state index contributed by atoms with van der Waals surface area (Å²) in [6, 6.07) is 2.34. The van der Waals surface area contributed by atoms with Gasteiger partial charge >= 0.3 is 6.36 Å². The Hall–Kier alpha value is -0.750. The van der Waals surface area contributed by atoms with E-state index in [1.807, 2.05) is 0 Å². The number of ether oxygens (including phenoxy) is 1. The molecule has 88 valence electrons. The molecule has 0 amide bonds. The normalized spacial score (nSPS) is 11.4. The third-order valence-corrected chi connectivity index (χ3v) is 2.49. The highest BCUT2D eigenvalue weighted by atomic mass is 79.9. The Kier molecular flexibility index (Phi) is 3.85. The first kappa shape index (κ1) is 13.3. The quantitative estimate of drug-likeness (QED) is 0.764. The first-order valence-electron chi connectivity index (χ1n) is 3.96. The summed E-state index contributed by atoms with van der Waals surface area (Å²) in [5.41, 5.74) is 0.200. The van der Waals surface area contributed by atoms with E-state index in [9.17, 15) is 18.0 Å². The molecule has 16 heavy (non-hydrogen) atoms. The van der Waals surface area contributed by atoms with E-state index in [0.29, 0.717) is 0 Å². The van der Waals surface area contributed by atoms with Crippen LogP contribution in [0.4, 0.5) is 13.2 Å². The maximum atomic E-state index is 12.0. The van der Waals surface area contributed by atoms with Crippen LogP contribution in [-0.2, 0) is 0 Å². The van der Waals surface area contributed by atoms with Gasteiger partial charge in [0.2, 0.25) is 0 Å². The van der Waals surface area contributed by atoms with Crippen molar-refractivity contribution in [1.29, 1.82) is 0 Å². The predicted octanol–water partition coefficient (Wildman–Crippen LogP) is 4.20. The van der Waals surface area contributed by atoms with Gasteiger partial charge in [0.05, 0.1) is 9.50 Å². The molecule has 0 bridgehead atoms. The average molecular weight is 317 g/mol. The second-order valence-corrected chi connectivity index (χ2v) is 4.13. The Morgan fingerprint density at radius 3 is 2.38 bits per heavy atom. The fraction of sp³-hybridized carbons (Fsp3) is 0.222. The van der Waals surface area contributed by atoms with Gasteiger partial charge in [-0.25, -0.2) is 0 Å². The van der Waals surface area contributed by atoms with Gasteiger partial charge in [-0.15, -0.1) is 13.2 Å². The fourth-order valence-electron chi connectivity index (χ4n) is 0.976. The first-order valence-corrected chi connectivity index (χ1v) is 5.13. The molecule has 0 unspecified atom stereocenters. The lowest BCUT2D eigenvalue weighted by molar-refractivity contribution is -0.274. The Morgan fingerprint density at radius 1 is 1.44 bits per heavy atom. The van der Waals surface area contributed by atoms with Gasteiger partial charge in [0.1, 0.15) is 0 Å². The molecule has 0 fully saturated rings. The molecule has 2 nitrogen and oxygen atoms in total. The van der Waals surface area contributed by atoms with Crippen molar-refractivity contribution in [2.75, 3.05) is 0 Å². The van der Waals surface area contributed by atoms with E-state index in [4.69, 9.17) is 11.6 Å². The van der Waals surface area contributed by atoms with E-state index < -0.39 is 12.1 Å². The summed E-state index contributed by atoms with van der Waals surface area (Å²) in [6.07, 6.45) is -4.83. The Labute approximate surface area is 102 Å². The van der Waals surface area contributed by atoms with Crippen molar-refractivity contribution in [2.45, 2.75) is 13.3 Å². The number of benzene rings is 1. The number of ketones is 1. The summed E-state index contributed by atoms with van der Waals surface area (Å²) in [6.45, 7) is 1.28. The van der Waals surface area contributed by atoms with Crippen LogP contribution < -0.4 is 4.74 Å².